The molecule has 4 nitrogen and oxygen atoms in total. The molecule has 0 saturated heterocycles. The minimum Gasteiger partial charge on any atom is -0.324 e. The monoisotopic (exact) mass is 380 g/mol. The van der Waals surface area contributed by atoms with Crippen molar-refractivity contribution >= 4 is 22.6 Å². The first-order valence-corrected chi connectivity index (χ1v) is 10.3. The van der Waals surface area contributed by atoms with Crippen LogP contribution < -0.4 is 16.2 Å². The average Bonchev–Trinajstić information content (AvgIpc) is 3.21. The van der Waals surface area contributed by atoms with E-state index in [0.29, 0.717) is 5.92 Å². The Labute approximate surface area is 166 Å². The summed E-state index contributed by atoms with van der Waals surface area (Å²) in [5.41, 5.74) is 10.9. The third-order valence-corrected chi connectivity index (χ3v) is 6.31. The Kier molecular flexibility index (Phi) is 6.33. The van der Waals surface area contributed by atoms with Crippen LogP contribution in [0.2, 0.25) is 0 Å². The van der Waals surface area contributed by atoms with E-state index in [1.54, 1.807) is 11.3 Å². The molecule has 27 heavy (non-hydrogen) atoms. The van der Waals surface area contributed by atoms with Gasteiger partial charge in [0, 0.05) is 33.3 Å². The van der Waals surface area contributed by atoms with Crippen LogP contribution in [-0.2, 0) is 0 Å². The van der Waals surface area contributed by atoms with Gasteiger partial charge >= 0.3 is 0 Å². The lowest BCUT2D eigenvalue weighted by molar-refractivity contribution is 0.458. The van der Waals surface area contributed by atoms with Crippen LogP contribution in [0.3, 0.4) is 0 Å². The number of nitrogens with one attached hydrogen (secondary N) is 3. The van der Waals surface area contributed by atoms with Crippen LogP contribution in [0.5, 0.6) is 0 Å². The summed E-state index contributed by atoms with van der Waals surface area (Å²) in [6, 6.07) is 4.30. The number of aliphatic imine (C=N–C) groups is 1. The predicted molar refractivity (Wildman–Crippen MR) is 116 cm³/mol. The van der Waals surface area contributed by atoms with E-state index in [-0.39, 0.29) is 12.2 Å². The van der Waals surface area contributed by atoms with E-state index < -0.39 is 0 Å². The molecule has 1 fully saturated rings. The highest BCUT2D eigenvalue weighted by molar-refractivity contribution is 7.15. The zero-order valence-electron chi connectivity index (χ0n) is 16.5. The van der Waals surface area contributed by atoms with E-state index in [0.717, 1.165) is 16.2 Å². The Morgan fingerprint density at radius 3 is 2.78 bits per heavy atom. The minimum absolute atomic E-state index is 0.0322. The Morgan fingerprint density at radius 2 is 2.11 bits per heavy atom. The van der Waals surface area contributed by atoms with Gasteiger partial charge in [0.1, 0.15) is 0 Å². The second-order valence-electron chi connectivity index (χ2n) is 7.11. The highest BCUT2D eigenvalue weighted by Crippen LogP contribution is 2.35. The molecule has 1 aliphatic heterocycles. The van der Waals surface area contributed by atoms with Gasteiger partial charge in [0.05, 0.1) is 11.9 Å². The molecule has 1 aromatic rings. The van der Waals surface area contributed by atoms with Gasteiger partial charge in [-0.25, -0.2) is 5.43 Å². The number of thiophene rings is 1. The van der Waals surface area contributed by atoms with E-state index >= 15 is 0 Å². The highest BCUT2D eigenvalue weighted by Gasteiger charge is 2.30. The van der Waals surface area contributed by atoms with Crippen LogP contribution in [-0.4, -0.2) is 17.9 Å². The summed E-state index contributed by atoms with van der Waals surface area (Å²) in [7, 11) is 0. The molecule has 142 valence electrons. The predicted octanol–water partition coefficient (Wildman–Crippen LogP) is 4.20. The minimum atomic E-state index is 0.0322. The van der Waals surface area contributed by atoms with E-state index in [1.807, 2.05) is 13.1 Å². The topological polar surface area (TPSA) is 48.5 Å². The molecule has 0 radical (unpaired) electrons. The van der Waals surface area contributed by atoms with Crippen molar-refractivity contribution in [2.75, 3.05) is 0 Å². The average molecular weight is 381 g/mol. The van der Waals surface area contributed by atoms with Crippen molar-refractivity contribution in [1.82, 2.24) is 16.2 Å². The molecule has 2 aliphatic rings. The largest absolute Gasteiger partial charge is 0.324 e. The molecule has 0 aromatic carbocycles. The van der Waals surface area contributed by atoms with E-state index in [2.05, 4.69) is 72.1 Å². The molecule has 1 saturated carbocycles. The molecule has 2 unspecified atom stereocenters. The quantitative estimate of drug-likeness (QED) is 0.491. The van der Waals surface area contributed by atoms with Crippen LogP contribution in [0.1, 0.15) is 50.3 Å². The number of allylic oxidation sites excluding steroid dienone is 3. The molecule has 0 amide bonds. The third kappa shape index (κ3) is 4.98. The number of hydrogen-bond donors (Lipinski definition) is 3. The molecule has 2 atom stereocenters. The van der Waals surface area contributed by atoms with Gasteiger partial charge in [-0.05, 0) is 70.2 Å². The van der Waals surface area contributed by atoms with Crippen molar-refractivity contribution in [1.29, 1.82) is 0 Å². The number of rotatable bonds is 7. The second kappa shape index (κ2) is 8.71. The smallest absolute Gasteiger partial charge is 0.0962 e. The first kappa shape index (κ1) is 19.6. The van der Waals surface area contributed by atoms with Crippen molar-refractivity contribution in [2.45, 2.75) is 52.7 Å². The highest BCUT2D eigenvalue weighted by atomic mass is 32.1. The van der Waals surface area contributed by atoms with Crippen LogP contribution >= 0.6 is 11.3 Å². The SMILES string of the molecule is C#C/C(=C/N=C(C)c1ccc(C(C)=CC)s1)C(C)NC1C=C(C2CC2)NN1. The van der Waals surface area contributed by atoms with Crippen molar-refractivity contribution < 1.29 is 0 Å². The molecule has 0 bridgehead atoms. The zero-order valence-corrected chi connectivity index (χ0v) is 17.3. The molecular formula is C22H28N4S. The zero-order chi connectivity index (χ0) is 19.4. The van der Waals surface area contributed by atoms with Gasteiger partial charge in [0.15, 0.2) is 0 Å². The molecule has 1 aromatic heterocycles. The molecule has 3 N–H and O–H groups in total. The fraction of sp³-hybridized carbons (Fsp3) is 0.409. The Bertz CT molecular complexity index is 846. The lowest BCUT2D eigenvalue weighted by Crippen LogP contribution is -2.46. The second-order valence-corrected chi connectivity index (χ2v) is 8.19. The summed E-state index contributed by atoms with van der Waals surface area (Å²) in [6.07, 6.45) is 14.5. The van der Waals surface area contributed by atoms with Gasteiger partial charge in [-0.3, -0.25) is 10.3 Å². The number of terminal acetylenes is 1. The molecule has 3 rings (SSSR count). The summed E-state index contributed by atoms with van der Waals surface area (Å²) >= 11 is 1.75. The standard InChI is InChI=1S/C22H28N4S/c1-6-14(3)20-10-11-21(27-20)16(5)23-13-17(7-2)15(4)24-22-12-19(25-26-22)18-8-9-18/h2,6,10-13,15,18,22,24-26H,8-9H2,1,3-5H3/b14-6?,17-13-,23-16?. The Balaban J connectivity index is 1.65. The molecule has 5 heteroatoms. The first-order chi connectivity index (χ1) is 13.0. The van der Waals surface area contributed by atoms with Gasteiger partial charge in [0.2, 0.25) is 0 Å². The number of nitrogens with zero attached hydrogens (tertiary/aromatic N) is 1. The van der Waals surface area contributed by atoms with Crippen LogP contribution in [0.25, 0.3) is 5.57 Å². The summed E-state index contributed by atoms with van der Waals surface area (Å²) < 4.78 is 0. The maximum Gasteiger partial charge on any atom is 0.0962 e. The first-order valence-electron chi connectivity index (χ1n) is 9.45. The molecule has 1 aliphatic carbocycles. The van der Waals surface area contributed by atoms with Crippen molar-refractivity contribution in [2.24, 2.45) is 10.9 Å². The summed E-state index contributed by atoms with van der Waals surface area (Å²) in [6.45, 7) is 8.28. The van der Waals surface area contributed by atoms with Gasteiger partial charge in [-0.15, -0.1) is 17.8 Å². The third-order valence-electron chi connectivity index (χ3n) is 4.98. The molecule has 0 spiro atoms. The van der Waals surface area contributed by atoms with E-state index in [1.165, 1.54) is 29.0 Å². The molecular weight excluding hydrogens is 352 g/mol. The van der Waals surface area contributed by atoms with Crippen LogP contribution in [0.4, 0.5) is 0 Å². The van der Waals surface area contributed by atoms with Gasteiger partial charge < -0.3 is 5.43 Å². The maximum atomic E-state index is 5.74. The summed E-state index contributed by atoms with van der Waals surface area (Å²) in [4.78, 5) is 7.06. The Hall–Kier alpha value is -2.13. The van der Waals surface area contributed by atoms with Crippen LogP contribution in [0, 0.1) is 18.3 Å². The maximum absolute atomic E-state index is 5.74. The fourth-order valence-corrected chi connectivity index (χ4v) is 3.88. The lowest BCUT2D eigenvalue weighted by Gasteiger charge is -2.18. The van der Waals surface area contributed by atoms with E-state index in [4.69, 9.17) is 6.42 Å². The van der Waals surface area contributed by atoms with Crippen LogP contribution in [0.15, 0.2) is 46.7 Å². The number of hydrogen-bond acceptors (Lipinski definition) is 5. The van der Waals surface area contributed by atoms with Gasteiger partial charge in [-0.2, -0.15) is 0 Å². The normalized spacial score (nSPS) is 22.3. The van der Waals surface area contributed by atoms with E-state index in [9.17, 15) is 0 Å². The lowest BCUT2D eigenvalue weighted by atomic mass is 10.1. The van der Waals surface area contributed by atoms with Gasteiger partial charge in [0.25, 0.3) is 0 Å². The van der Waals surface area contributed by atoms with Crippen molar-refractivity contribution in [3.8, 4) is 12.3 Å². The van der Waals surface area contributed by atoms with Gasteiger partial charge in [-0.1, -0.05) is 12.0 Å². The number of hydrazine groups is 1. The Morgan fingerprint density at radius 1 is 1.37 bits per heavy atom. The molecule has 2 heterocycles. The van der Waals surface area contributed by atoms with Crippen molar-refractivity contribution in [3.05, 3.63) is 51.5 Å². The van der Waals surface area contributed by atoms with Crippen molar-refractivity contribution in [3.63, 3.8) is 0 Å². The fourth-order valence-electron chi connectivity index (χ4n) is 2.90. The summed E-state index contributed by atoms with van der Waals surface area (Å²) in [5.74, 6) is 3.48. The summed E-state index contributed by atoms with van der Waals surface area (Å²) in [5, 5.41) is 3.50.